The van der Waals surface area contributed by atoms with Crippen LogP contribution in [0.4, 0.5) is 0 Å². The lowest BCUT2D eigenvalue weighted by Gasteiger charge is -2.14. The molecule has 1 unspecified atom stereocenters. The zero-order valence-electron chi connectivity index (χ0n) is 11.4. The minimum Gasteiger partial charge on any atom is -0.380 e. The van der Waals surface area contributed by atoms with Gasteiger partial charge < -0.3 is 14.6 Å². The van der Waals surface area contributed by atoms with Crippen molar-refractivity contribution in [3.63, 3.8) is 0 Å². The highest BCUT2D eigenvalue weighted by atomic mass is 16.5. The third-order valence-corrected chi connectivity index (χ3v) is 3.29. The smallest absolute Gasteiger partial charge is 0.0722 e. The predicted molar refractivity (Wildman–Crippen MR) is 75.8 cm³/mol. The van der Waals surface area contributed by atoms with Crippen LogP contribution in [0.15, 0.2) is 30.5 Å². The molecule has 1 heterocycles. The maximum Gasteiger partial charge on any atom is 0.0722 e. The third-order valence-electron chi connectivity index (χ3n) is 3.29. The van der Waals surface area contributed by atoms with Gasteiger partial charge in [0.25, 0.3) is 0 Å². The van der Waals surface area contributed by atoms with Gasteiger partial charge in [0.05, 0.1) is 11.6 Å². The Morgan fingerprint density at radius 3 is 2.89 bits per heavy atom. The summed E-state index contributed by atoms with van der Waals surface area (Å²) in [5.74, 6) is 0. The first-order valence-electron chi connectivity index (χ1n) is 6.56. The van der Waals surface area contributed by atoms with Crippen molar-refractivity contribution < 1.29 is 4.74 Å². The lowest BCUT2D eigenvalue weighted by Crippen LogP contribution is -2.16. The van der Waals surface area contributed by atoms with Crippen molar-refractivity contribution in [1.82, 2.24) is 9.88 Å². The van der Waals surface area contributed by atoms with E-state index in [0.717, 1.165) is 19.6 Å². The van der Waals surface area contributed by atoms with Crippen LogP contribution in [-0.4, -0.2) is 24.3 Å². The summed E-state index contributed by atoms with van der Waals surface area (Å²) >= 11 is 0. The van der Waals surface area contributed by atoms with Crippen molar-refractivity contribution in [3.8, 4) is 0 Å². The fourth-order valence-corrected chi connectivity index (χ4v) is 2.25. The molecule has 3 nitrogen and oxygen atoms in total. The van der Waals surface area contributed by atoms with Gasteiger partial charge in [-0.25, -0.2) is 0 Å². The Bertz CT molecular complexity index is 504. The largest absolute Gasteiger partial charge is 0.380 e. The molecule has 1 aromatic carbocycles. The number of nitrogens with zero attached hydrogens (tertiary/aromatic N) is 1. The fraction of sp³-hybridized carbons (Fsp3) is 0.467. The van der Waals surface area contributed by atoms with Crippen LogP contribution in [0.2, 0.25) is 0 Å². The van der Waals surface area contributed by atoms with Crippen LogP contribution in [0, 0.1) is 0 Å². The molecule has 98 valence electrons. The normalized spacial score (nSPS) is 13.1. The number of fused-ring (bicyclic) bond motifs is 1. The van der Waals surface area contributed by atoms with E-state index in [1.165, 1.54) is 16.5 Å². The number of aromatic nitrogens is 1. The van der Waals surface area contributed by atoms with Crippen LogP contribution in [0.3, 0.4) is 0 Å². The molecule has 0 bridgehead atoms. The highest BCUT2D eigenvalue weighted by Gasteiger charge is 2.08. The Balaban J connectivity index is 2.35. The molecule has 0 radical (unpaired) electrons. The minimum absolute atomic E-state index is 0.229. The van der Waals surface area contributed by atoms with Gasteiger partial charge in [0.2, 0.25) is 0 Å². The molecule has 2 aromatic rings. The number of methoxy groups -OCH3 is 1. The van der Waals surface area contributed by atoms with Crippen LogP contribution in [0.25, 0.3) is 10.9 Å². The maximum atomic E-state index is 5.36. The van der Waals surface area contributed by atoms with Gasteiger partial charge in [0.1, 0.15) is 0 Å². The Hall–Kier alpha value is -1.32. The van der Waals surface area contributed by atoms with E-state index in [2.05, 4.69) is 54.2 Å². The second-order valence-corrected chi connectivity index (χ2v) is 4.65. The first-order chi connectivity index (χ1) is 8.76. The molecule has 2 rings (SSSR count). The molecule has 0 saturated heterocycles. The lowest BCUT2D eigenvalue weighted by molar-refractivity contribution is 0.104. The number of hydrogen-bond acceptors (Lipinski definition) is 2. The zero-order chi connectivity index (χ0) is 13.0. The minimum atomic E-state index is 0.229. The van der Waals surface area contributed by atoms with Crippen LogP contribution in [-0.2, 0) is 17.8 Å². The van der Waals surface area contributed by atoms with E-state index in [4.69, 9.17) is 4.74 Å². The molecule has 1 atom stereocenters. The molecule has 3 heteroatoms. The average molecular weight is 246 g/mol. The Labute approximate surface area is 109 Å². The van der Waals surface area contributed by atoms with E-state index >= 15 is 0 Å². The maximum absolute atomic E-state index is 5.36. The Kier molecular flexibility index (Phi) is 4.39. The van der Waals surface area contributed by atoms with Crippen LogP contribution >= 0.6 is 0 Å². The van der Waals surface area contributed by atoms with E-state index < -0.39 is 0 Å². The molecule has 1 N–H and O–H groups in total. The van der Waals surface area contributed by atoms with Crippen LogP contribution < -0.4 is 5.32 Å². The molecular formula is C15H22N2O. The van der Waals surface area contributed by atoms with Gasteiger partial charge in [-0.1, -0.05) is 25.1 Å². The summed E-state index contributed by atoms with van der Waals surface area (Å²) < 4.78 is 7.64. The zero-order valence-corrected chi connectivity index (χ0v) is 11.4. The number of benzene rings is 1. The van der Waals surface area contributed by atoms with E-state index in [1.54, 1.807) is 7.11 Å². The van der Waals surface area contributed by atoms with Gasteiger partial charge in [-0.2, -0.15) is 0 Å². The molecule has 0 spiro atoms. The quantitative estimate of drug-likeness (QED) is 0.848. The van der Waals surface area contributed by atoms with Crippen LogP contribution in [0.5, 0.6) is 0 Å². The topological polar surface area (TPSA) is 26.2 Å². The highest BCUT2D eigenvalue weighted by Crippen LogP contribution is 2.21. The summed E-state index contributed by atoms with van der Waals surface area (Å²) in [6.45, 7) is 7.03. The predicted octanol–water partition coefficient (Wildman–Crippen LogP) is 2.79. The number of nitrogens with one attached hydrogen (secondary N) is 1. The monoisotopic (exact) mass is 246 g/mol. The average Bonchev–Trinajstić information content (AvgIpc) is 2.80. The number of ether oxygens (including phenoxy) is 1. The molecule has 0 amide bonds. The number of hydrogen-bond donors (Lipinski definition) is 1. The van der Waals surface area contributed by atoms with Crippen LogP contribution in [0.1, 0.15) is 19.4 Å². The second kappa shape index (κ2) is 6.03. The van der Waals surface area contributed by atoms with E-state index in [-0.39, 0.29) is 6.10 Å². The van der Waals surface area contributed by atoms with E-state index in [1.807, 2.05) is 0 Å². The van der Waals surface area contributed by atoms with Crippen molar-refractivity contribution >= 4 is 10.9 Å². The molecule has 18 heavy (non-hydrogen) atoms. The molecule has 1 aromatic heterocycles. The molecule has 0 aliphatic carbocycles. The van der Waals surface area contributed by atoms with E-state index in [9.17, 15) is 0 Å². The fourth-order valence-electron chi connectivity index (χ4n) is 2.25. The Morgan fingerprint density at radius 2 is 2.17 bits per heavy atom. The van der Waals surface area contributed by atoms with Crippen molar-refractivity contribution in [2.24, 2.45) is 0 Å². The van der Waals surface area contributed by atoms with E-state index in [0.29, 0.717) is 0 Å². The van der Waals surface area contributed by atoms with Crippen molar-refractivity contribution in [2.45, 2.75) is 33.0 Å². The summed E-state index contributed by atoms with van der Waals surface area (Å²) in [5, 5.41) is 4.70. The first kappa shape index (κ1) is 13.1. The molecule has 0 aliphatic rings. The second-order valence-electron chi connectivity index (χ2n) is 4.65. The summed E-state index contributed by atoms with van der Waals surface area (Å²) in [4.78, 5) is 0. The standard InChI is InChI=1S/C15H22N2O/c1-4-16-10-14-7-5-6-13-8-9-17(15(13)14)11-12(2)18-3/h5-9,12,16H,4,10-11H2,1-3H3. The van der Waals surface area contributed by atoms with Gasteiger partial charge in [-0.05, 0) is 30.5 Å². The SMILES string of the molecule is CCNCc1cccc2ccn(CC(C)OC)c12. The van der Waals surface area contributed by atoms with Gasteiger partial charge >= 0.3 is 0 Å². The Morgan fingerprint density at radius 1 is 1.33 bits per heavy atom. The highest BCUT2D eigenvalue weighted by molar-refractivity contribution is 5.83. The molecule has 0 aliphatic heterocycles. The summed E-state index contributed by atoms with van der Waals surface area (Å²) in [6.07, 6.45) is 2.38. The van der Waals surface area contributed by atoms with Gasteiger partial charge in [-0.15, -0.1) is 0 Å². The number of rotatable bonds is 6. The summed E-state index contributed by atoms with van der Waals surface area (Å²) in [7, 11) is 1.76. The summed E-state index contributed by atoms with van der Waals surface area (Å²) in [6, 6.07) is 8.66. The van der Waals surface area contributed by atoms with Crippen molar-refractivity contribution in [2.75, 3.05) is 13.7 Å². The third kappa shape index (κ3) is 2.74. The van der Waals surface area contributed by atoms with Gasteiger partial charge in [0, 0.05) is 26.4 Å². The first-order valence-corrected chi connectivity index (χ1v) is 6.56. The summed E-state index contributed by atoms with van der Waals surface area (Å²) in [5.41, 5.74) is 2.67. The molecule has 0 fully saturated rings. The van der Waals surface area contributed by atoms with Crippen molar-refractivity contribution in [3.05, 3.63) is 36.0 Å². The van der Waals surface area contributed by atoms with Gasteiger partial charge in [-0.3, -0.25) is 0 Å². The molecule has 0 saturated carbocycles. The number of para-hydroxylation sites is 1. The van der Waals surface area contributed by atoms with Crippen molar-refractivity contribution in [1.29, 1.82) is 0 Å². The lowest BCUT2D eigenvalue weighted by atomic mass is 10.1. The van der Waals surface area contributed by atoms with Gasteiger partial charge in [0.15, 0.2) is 0 Å². The molecular weight excluding hydrogens is 224 g/mol.